The summed E-state index contributed by atoms with van der Waals surface area (Å²) in [5.41, 5.74) is 3.06. The van der Waals surface area contributed by atoms with Crippen LogP contribution in [0.4, 0.5) is 0 Å². The molecule has 0 aliphatic carbocycles. The van der Waals surface area contributed by atoms with Crippen molar-refractivity contribution in [3.8, 4) is 5.75 Å². The van der Waals surface area contributed by atoms with Crippen LogP contribution >= 0.6 is 0 Å². The molecule has 2 aromatic carbocycles. The first kappa shape index (κ1) is 14.6. The molecule has 1 aromatic heterocycles. The maximum absolute atomic E-state index is 10.3. The van der Waals surface area contributed by atoms with Crippen LogP contribution in [0.25, 0.3) is 11.0 Å². The van der Waals surface area contributed by atoms with E-state index < -0.39 is 6.10 Å². The lowest BCUT2D eigenvalue weighted by molar-refractivity contribution is 0.0926. The van der Waals surface area contributed by atoms with Gasteiger partial charge >= 0.3 is 0 Å². The van der Waals surface area contributed by atoms with E-state index in [1.54, 1.807) is 0 Å². The van der Waals surface area contributed by atoms with Crippen LogP contribution in [-0.4, -0.2) is 27.4 Å². The van der Waals surface area contributed by atoms with Gasteiger partial charge in [-0.3, -0.25) is 0 Å². The van der Waals surface area contributed by atoms with Gasteiger partial charge in [-0.05, 0) is 37.6 Å². The molecule has 4 nitrogen and oxygen atoms in total. The molecular formula is C18H20N2O2. The van der Waals surface area contributed by atoms with E-state index in [1.807, 2.05) is 66.9 Å². The number of rotatable bonds is 5. The van der Waals surface area contributed by atoms with Gasteiger partial charge in [0.2, 0.25) is 0 Å². The molecule has 114 valence electrons. The molecule has 1 atom stereocenters. The molecule has 0 saturated carbocycles. The zero-order valence-corrected chi connectivity index (χ0v) is 12.9. The number of fused-ring (bicyclic) bond motifs is 1. The fraction of sp³-hybridized carbons (Fsp3) is 0.278. The molecule has 0 unspecified atom stereocenters. The Morgan fingerprint density at radius 2 is 1.82 bits per heavy atom. The van der Waals surface area contributed by atoms with Crippen molar-refractivity contribution in [1.82, 2.24) is 9.55 Å². The Labute approximate surface area is 130 Å². The molecule has 1 N–H and O–H groups in total. The molecule has 0 amide bonds. The summed E-state index contributed by atoms with van der Waals surface area (Å²) < 4.78 is 7.74. The zero-order chi connectivity index (χ0) is 15.5. The van der Waals surface area contributed by atoms with Gasteiger partial charge in [0.1, 0.15) is 24.3 Å². The molecule has 0 aliphatic rings. The highest BCUT2D eigenvalue weighted by atomic mass is 16.5. The summed E-state index contributed by atoms with van der Waals surface area (Å²) in [5, 5.41) is 10.3. The summed E-state index contributed by atoms with van der Waals surface area (Å²) in [4.78, 5) is 4.51. The number of imidazole rings is 1. The number of hydrogen-bond donors (Lipinski definition) is 1. The molecule has 3 aromatic rings. The molecule has 0 bridgehead atoms. The van der Waals surface area contributed by atoms with Crippen molar-refractivity contribution in [2.45, 2.75) is 26.5 Å². The number of hydrogen-bond acceptors (Lipinski definition) is 3. The fourth-order valence-corrected chi connectivity index (χ4v) is 2.59. The van der Waals surface area contributed by atoms with Gasteiger partial charge in [-0.25, -0.2) is 4.98 Å². The summed E-state index contributed by atoms with van der Waals surface area (Å²) in [5.74, 6) is 1.71. The third-order valence-electron chi connectivity index (χ3n) is 3.76. The average molecular weight is 296 g/mol. The second-order valence-corrected chi connectivity index (χ2v) is 5.49. The Bertz CT molecular complexity index is 780. The highest BCUT2D eigenvalue weighted by Gasteiger charge is 2.12. The third-order valence-corrected chi connectivity index (χ3v) is 3.76. The van der Waals surface area contributed by atoms with E-state index in [4.69, 9.17) is 4.74 Å². The highest BCUT2D eigenvalue weighted by Crippen LogP contribution is 2.18. The molecule has 0 fully saturated rings. The van der Waals surface area contributed by atoms with Gasteiger partial charge in [-0.1, -0.05) is 30.3 Å². The van der Waals surface area contributed by atoms with Crippen molar-refractivity contribution < 1.29 is 9.84 Å². The van der Waals surface area contributed by atoms with Crippen molar-refractivity contribution in [3.63, 3.8) is 0 Å². The van der Waals surface area contributed by atoms with Crippen molar-refractivity contribution >= 4 is 11.0 Å². The van der Waals surface area contributed by atoms with Crippen LogP contribution in [-0.2, 0) is 6.54 Å². The molecule has 0 aliphatic heterocycles. The quantitative estimate of drug-likeness (QED) is 0.787. The zero-order valence-electron chi connectivity index (χ0n) is 12.9. The van der Waals surface area contributed by atoms with E-state index in [0.29, 0.717) is 6.54 Å². The van der Waals surface area contributed by atoms with Crippen molar-refractivity contribution in [2.24, 2.45) is 0 Å². The summed E-state index contributed by atoms with van der Waals surface area (Å²) in [7, 11) is 0. The van der Waals surface area contributed by atoms with Crippen molar-refractivity contribution in [1.29, 1.82) is 0 Å². The lowest BCUT2D eigenvalue weighted by Crippen LogP contribution is -2.24. The van der Waals surface area contributed by atoms with Gasteiger partial charge in [0.05, 0.1) is 17.6 Å². The second-order valence-electron chi connectivity index (χ2n) is 5.49. The summed E-state index contributed by atoms with van der Waals surface area (Å²) in [6.07, 6.45) is -0.587. The van der Waals surface area contributed by atoms with Crippen molar-refractivity contribution in [2.75, 3.05) is 6.61 Å². The van der Waals surface area contributed by atoms with E-state index in [0.717, 1.165) is 28.2 Å². The SMILES string of the molecule is Cc1ccccc1OC[C@H](O)Cn1c(C)nc2ccccc21. The Balaban J connectivity index is 1.70. The van der Waals surface area contributed by atoms with Gasteiger partial charge in [0.15, 0.2) is 0 Å². The van der Waals surface area contributed by atoms with Crippen molar-refractivity contribution in [3.05, 3.63) is 59.9 Å². The van der Waals surface area contributed by atoms with Gasteiger partial charge in [0, 0.05) is 0 Å². The highest BCUT2D eigenvalue weighted by molar-refractivity contribution is 5.75. The van der Waals surface area contributed by atoms with Crippen LogP contribution in [0.2, 0.25) is 0 Å². The summed E-state index contributed by atoms with van der Waals surface area (Å²) in [6, 6.07) is 15.8. The third kappa shape index (κ3) is 2.97. The monoisotopic (exact) mass is 296 g/mol. The number of aliphatic hydroxyl groups is 1. The van der Waals surface area contributed by atoms with Crippen LogP contribution in [0.3, 0.4) is 0 Å². The molecular weight excluding hydrogens is 276 g/mol. The van der Waals surface area contributed by atoms with Gasteiger partial charge in [-0.2, -0.15) is 0 Å². The summed E-state index contributed by atoms with van der Waals surface area (Å²) >= 11 is 0. The maximum atomic E-state index is 10.3. The fourth-order valence-electron chi connectivity index (χ4n) is 2.59. The van der Waals surface area contributed by atoms with E-state index in [-0.39, 0.29) is 6.61 Å². The summed E-state index contributed by atoms with van der Waals surface area (Å²) in [6.45, 7) is 4.68. The number of aromatic nitrogens is 2. The topological polar surface area (TPSA) is 47.3 Å². The first-order chi connectivity index (χ1) is 10.6. The number of para-hydroxylation sites is 3. The van der Waals surface area contributed by atoms with Crippen LogP contribution in [0, 0.1) is 13.8 Å². The van der Waals surface area contributed by atoms with Gasteiger partial charge in [0.25, 0.3) is 0 Å². The minimum atomic E-state index is -0.587. The standard InChI is InChI=1S/C18H20N2O2/c1-13-7-3-6-10-18(13)22-12-15(21)11-20-14(2)19-16-8-4-5-9-17(16)20/h3-10,15,21H,11-12H2,1-2H3/t15-/m1/s1. The number of ether oxygens (including phenoxy) is 1. The molecule has 4 heteroatoms. The van der Waals surface area contributed by atoms with E-state index >= 15 is 0 Å². The normalized spacial score (nSPS) is 12.5. The number of benzene rings is 2. The van der Waals surface area contributed by atoms with Crippen LogP contribution in [0.5, 0.6) is 5.75 Å². The average Bonchev–Trinajstić information content (AvgIpc) is 2.83. The first-order valence-corrected chi connectivity index (χ1v) is 7.43. The Morgan fingerprint density at radius 1 is 1.09 bits per heavy atom. The smallest absolute Gasteiger partial charge is 0.122 e. The first-order valence-electron chi connectivity index (χ1n) is 7.43. The number of aliphatic hydroxyl groups excluding tert-OH is 1. The van der Waals surface area contributed by atoms with Gasteiger partial charge < -0.3 is 14.4 Å². The van der Waals surface area contributed by atoms with Crippen LogP contribution in [0.15, 0.2) is 48.5 Å². The number of nitrogens with zero attached hydrogens (tertiary/aromatic N) is 2. The molecule has 0 saturated heterocycles. The van der Waals surface area contributed by atoms with Crippen LogP contribution in [0.1, 0.15) is 11.4 Å². The van der Waals surface area contributed by atoms with Crippen LogP contribution < -0.4 is 4.74 Å². The minimum Gasteiger partial charge on any atom is -0.491 e. The Hall–Kier alpha value is -2.33. The van der Waals surface area contributed by atoms with E-state index in [1.165, 1.54) is 0 Å². The van der Waals surface area contributed by atoms with E-state index in [2.05, 4.69) is 4.98 Å². The molecule has 0 radical (unpaired) electrons. The molecule has 1 heterocycles. The molecule has 3 rings (SSSR count). The Kier molecular flexibility index (Phi) is 4.11. The predicted octanol–water partition coefficient (Wildman–Crippen LogP) is 3.09. The molecule has 0 spiro atoms. The minimum absolute atomic E-state index is 0.261. The largest absolute Gasteiger partial charge is 0.491 e. The van der Waals surface area contributed by atoms with E-state index in [9.17, 15) is 5.11 Å². The second kappa shape index (κ2) is 6.20. The molecule has 22 heavy (non-hydrogen) atoms. The predicted molar refractivity (Wildman–Crippen MR) is 87.2 cm³/mol. The van der Waals surface area contributed by atoms with Gasteiger partial charge in [-0.15, -0.1) is 0 Å². The lowest BCUT2D eigenvalue weighted by Gasteiger charge is -2.15. The maximum Gasteiger partial charge on any atom is 0.122 e. The lowest BCUT2D eigenvalue weighted by atomic mass is 10.2. The Morgan fingerprint density at radius 3 is 2.64 bits per heavy atom. The number of aryl methyl sites for hydroxylation is 2.